The Morgan fingerprint density at radius 3 is 2.21 bits per heavy atom. The lowest BCUT2D eigenvalue weighted by atomic mass is 10.4. The number of sulfone groups is 1. The number of hydrogen-bond donors (Lipinski definition) is 0. The third-order valence-electron chi connectivity index (χ3n) is 3.16. The summed E-state index contributed by atoms with van der Waals surface area (Å²) in [5.74, 6) is -0.519. The van der Waals surface area contributed by atoms with Crippen molar-refractivity contribution in [1.29, 1.82) is 0 Å². The van der Waals surface area contributed by atoms with Crippen molar-refractivity contribution in [2.24, 2.45) is 0 Å². The first kappa shape index (κ1) is 14.4. The molecule has 1 unspecified atom stereocenters. The molecule has 1 aliphatic heterocycles. The van der Waals surface area contributed by atoms with Gasteiger partial charge >= 0.3 is 0 Å². The Labute approximate surface area is 112 Å². The predicted octanol–water partition coefficient (Wildman–Crippen LogP) is 0.633. The fourth-order valence-electron chi connectivity index (χ4n) is 2.02. The van der Waals surface area contributed by atoms with E-state index in [4.69, 9.17) is 0 Å². The molecule has 106 valence electrons. The Kier molecular flexibility index (Phi) is 3.67. The number of sulfonamides is 1. The molecule has 1 aromatic carbocycles. The lowest BCUT2D eigenvalue weighted by Crippen LogP contribution is -2.31. The van der Waals surface area contributed by atoms with Gasteiger partial charge in [0.1, 0.15) is 5.82 Å². The zero-order valence-corrected chi connectivity index (χ0v) is 11.9. The van der Waals surface area contributed by atoms with Crippen LogP contribution in [0.1, 0.15) is 6.42 Å². The number of nitrogens with zero attached hydrogens (tertiary/aromatic N) is 1. The van der Waals surface area contributed by atoms with Gasteiger partial charge in [-0.2, -0.15) is 4.31 Å². The standard InChI is InChI=1S/C11H14FNO4S2/c1-18(14,15)11-6-7-13(8-11)19(16,17)10-4-2-9(12)3-5-10/h2-5,11H,6-8H2,1H3. The van der Waals surface area contributed by atoms with E-state index in [9.17, 15) is 21.2 Å². The molecule has 1 aromatic rings. The second-order valence-electron chi connectivity index (χ2n) is 4.56. The normalized spacial score (nSPS) is 21.7. The molecule has 0 saturated carbocycles. The van der Waals surface area contributed by atoms with Crippen molar-refractivity contribution in [2.45, 2.75) is 16.6 Å². The Morgan fingerprint density at radius 2 is 1.74 bits per heavy atom. The summed E-state index contributed by atoms with van der Waals surface area (Å²) in [6, 6.07) is 4.49. The molecule has 0 amide bonds. The molecule has 0 bridgehead atoms. The minimum Gasteiger partial charge on any atom is -0.229 e. The monoisotopic (exact) mass is 307 g/mol. The van der Waals surface area contributed by atoms with E-state index in [1.54, 1.807) is 0 Å². The highest BCUT2D eigenvalue weighted by atomic mass is 32.2. The van der Waals surface area contributed by atoms with Crippen LogP contribution in [-0.2, 0) is 19.9 Å². The molecule has 0 spiro atoms. The zero-order chi connectivity index (χ0) is 14.3. The second kappa shape index (κ2) is 4.84. The third-order valence-corrected chi connectivity index (χ3v) is 6.64. The molecule has 1 fully saturated rings. The largest absolute Gasteiger partial charge is 0.243 e. The van der Waals surface area contributed by atoms with Crippen molar-refractivity contribution < 1.29 is 21.2 Å². The van der Waals surface area contributed by atoms with Gasteiger partial charge in [0.15, 0.2) is 9.84 Å². The summed E-state index contributed by atoms with van der Waals surface area (Å²) < 4.78 is 61.2. The molecule has 1 aliphatic rings. The number of halogens is 1. The van der Waals surface area contributed by atoms with Gasteiger partial charge < -0.3 is 0 Å². The quantitative estimate of drug-likeness (QED) is 0.821. The fourth-order valence-corrected chi connectivity index (χ4v) is 4.60. The first-order valence-corrected chi connectivity index (χ1v) is 9.05. The Morgan fingerprint density at radius 1 is 1.16 bits per heavy atom. The van der Waals surface area contributed by atoms with Crippen LogP contribution in [0.2, 0.25) is 0 Å². The predicted molar refractivity (Wildman–Crippen MR) is 68.4 cm³/mol. The SMILES string of the molecule is CS(=O)(=O)C1CCN(S(=O)(=O)c2ccc(F)cc2)C1. The van der Waals surface area contributed by atoms with E-state index in [2.05, 4.69) is 0 Å². The molecule has 5 nitrogen and oxygen atoms in total. The van der Waals surface area contributed by atoms with Gasteiger partial charge in [0.25, 0.3) is 0 Å². The molecule has 0 aliphatic carbocycles. The molecule has 0 aromatic heterocycles. The Balaban J connectivity index is 2.25. The van der Waals surface area contributed by atoms with Crippen LogP contribution >= 0.6 is 0 Å². The lowest BCUT2D eigenvalue weighted by Gasteiger charge is -2.16. The van der Waals surface area contributed by atoms with E-state index in [1.165, 1.54) is 12.1 Å². The maximum Gasteiger partial charge on any atom is 0.243 e. The van der Waals surface area contributed by atoms with E-state index < -0.39 is 30.9 Å². The molecule has 1 saturated heterocycles. The van der Waals surface area contributed by atoms with Crippen molar-refractivity contribution >= 4 is 19.9 Å². The number of benzene rings is 1. The average molecular weight is 307 g/mol. The van der Waals surface area contributed by atoms with Gasteiger partial charge in [-0.05, 0) is 30.7 Å². The molecule has 19 heavy (non-hydrogen) atoms. The summed E-state index contributed by atoms with van der Waals surface area (Å²) in [7, 11) is -7.00. The molecule has 8 heteroatoms. The molecule has 2 rings (SSSR count). The first-order valence-electron chi connectivity index (χ1n) is 5.66. The highest BCUT2D eigenvalue weighted by molar-refractivity contribution is 7.91. The number of rotatable bonds is 3. The Hall–Kier alpha value is -0.990. The van der Waals surface area contributed by atoms with Gasteiger partial charge in [-0.1, -0.05) is 0 Å². The molecule has 0 radical (unpaired) electrons. The zero-order valence-electron chi connectivity index (χ0n) is 10.3. The van der Waals surface area contributed by atoms with Crippen LogP contribution < -0.4 is 0 Å². The highest BCUT2D eigenvalue weighted by Gasteiger charge is 2.36. The van der Waals surface area contributed by atoms with Gasteiger partial charge in [0.2, 0.25) is 10.0 Å². The Bertz CT molecular complexity index is 667. The summed E-state index contributed by atoms with van der Waals surface area (Å²) in [4.78, 5) is -0.0250. The lowest BCUT2D eigenvalue weighted by molar-refractivity contribution is 0.476. The smallest absolute Gasteiger partial charge is 0.229 e. The maximum absolute atomic E-state index is 12.8. The second-order valence-corrected chi connectivity index (χ2v) is 8.82. The summed E-state index contributed by atoms with van der Waals surface area (Å²) in [6.45, 7) is 0.121. The van der Waals surface area contributed by atoms with Gasteiger partial charge in [-0.25, -0.2) is 21.2 Å². The van der Waals surface area contributed by atoms with Crippen LogP contribution in [0.4, 0.5) is 4.39 Å². The van der Waals surface area contributed by atoms with Gasteiger partial charge in [-0.3, -0.25) is 0 Å². The van der Waals surface area contributed by atoms with E-state index in [-0.39, 0.29) is 18.0 Å². The van der Waals surface area contributed by atoms with Crippen molar-refractivity contribution in [1.82, 2.24) is 4.31 Å². The van der Waals surface area contributed by atoms with Gasteiger partial charge in [0.05, 0.1) is 10.1 Å². The summed E-state index contributed by atoms with van der Waals surface area (Å²) in [6.07, 6.45) is 1.39. The average Bonchev–Trinajstić information content (AvgIpc) is 2.79. The van der Waals surface area contributed by atoms with E-state index >= 15 is 0 Å². The van der Waals surface area contributed by atoms with Crippen molar-refractivity contribution in [2.75, 3.05) is 19.3 Å². The minimum absolute atomic E-state index is 0.0250. The van der Waals surface area contributed by atoms with Crippen molar-refractivity contribution in [3.05, 3.63) is 30.1 Å². The third kappa shape index (κ3) is 2.96. The minimum atomic E-state index is -3.75. The molecular weight excluding hydrogens is 293 g/mol. The number of hydrogen-bond acceptors (Lipinski definition) is 4. The fraction of sp³-hybridized carbons (Fsp3) is 0.455. The molecule has 1 atom stereocenters. The summed E-state index contributed by atoms with van der Waals surface area (Å²) in [5, 5.41) is -0.664. The summed E-state index contributed by atoms with van der Waals surface area (Å²) in [5.41, 5.74) is 0. The topological polar surface area (TPSA) is 71.5 Å². The van der Waals surface area contributed by atoms with Crippen LogP contribution in [-0.4, -0.2) is 45.7 Å². The molecule has 0 N–H and O–H groups in total. The van der Waals surface area contributed by atoms with Crippen molar-refractivity contribution in [3.63, 3.8) is 0 Å². The van der Waals surface area contributed by atoms with E-state index in [0.29, 0.717) is 6.42 Å². The maximum atomic E-state index is 12.8. The highest BCUT2D eigenvalue weighted by Crippen LogP contribution is 2.24. The molecule has 1 heterocycles. The van der Waals surface area contributed by atoms with Crippen LogP contribution in [0.25, 0.3) is 0 Å². The van der Waals surface area contributed by atoms with Crippen LogP contribution in [0.3, 0.4) is 0 Å². The van der Waals surface area contributed by atoms with Gasteiger partial charge in [-0.15, -0.1) is 0 Å². The molecular formula is C11H14FNO4S2. The van der Waals surface area contributed by atoms with Crippen LogP contribution in [0.15, 0.2) is 29.2 Å². The summed E-state index contributed by atoms with van der Waals surface area (Å²) >= 11 is 0. The first-order chi connectivity index (χ1) is 8.71. The van der Waals surface area contributed by atoms with Crippen molar-refractivity contribution in [3.8, 4) is 0 Å². The van der Waals surface area contributed by atoms with E-state index in [1.807, 2.05) is 0 Å². The van der Waals surface area contributed by atoms with Crippen LogP contribution in [0.5, 0.6) is 0 Å². The van der Waals surface area contributed by atoms with E-state index in [0.717, 1.165) is 22.7 Å². The van der Waals surface area contributed by atoms with Crippen LogP contribution in [0, 0.1) is 5.82 Å². The van der Waals surface area contributed by atoms with Gasteiger partial charge in [0, 0.05) is 19.3 Å².